The summed E-state index contributed by atoms with van der Waals surface area (Å²) in [4.78, 5) is 26.9. The summed E-state index contributed by atoms with van der Waals surface area (Å²) in [5.74, 6) is 2.51. The van der Waals surface area contributed by atoms with E-state index >= 15 is 0 Å². The zero-order chi connectivity index (χ0) is 23.3. The summed E-state index contributed by atoms with van der Waals surface area (Å²) in [5, 5.41) is 4.85. The highest BCUT2D eigenvalue weighted by Gasteiger charge is 2.22. The Balaban J connectivity index is 1.35. The van der Waals surface area contributed by atoms with E-state index in [0.717, 1.165) is 54.3 Å². The molecule has 0 spiro atoms. The number of hydrogen-bond donors (Lipinski definition) is 1. The highest BCUT2D eigenvalue weighted by molar-refractivity contribution is 6.14. The second-order valence-corrected chi connectivity index (χ2v) is 8.11. The molecule has 2 aromatic heterocycles. The van der Waals surface area contributed by atoms with Crippen LogP contribution in [0.25, 0.3) is 10.8 Å². The van der Waals surface area contributed by atoms with Crippen LogP contribution in [0.4, 0.5) is 17.3 Å². The van der Waals surface area contributed by atoms with Gasteiger partial charge in [0.05, 0.1) is 12.2 Å². The quantitative estimate of drug-likeness (QED) is 0.460. The van der Waals surface area contributed by atoms with Crippen molar-refractivity contribution in [2.24, 2.45) is 0 Å². The Kier molecular flexibility index (Phi) is 6.25. The third-order valence-electron chi connectivity index (χ3n) is 5.99. The van der Waals surface area contributed by atoms with E-state index in [1.807, 2.05) is 79.9 Å². The molecule has 1 amide bonds. The van der Waals surface area contributed by atoms with E-state index in [9.17, 15) is 4.79 Å². The van der Waals surface area contributed by atoms with Gasteiger partial charge in [0.2, 0.25) is 0 Å². The monoisotopic (exact) mass is 453 g/mol. The first-order valence-electron chi connectivity index (χ1n) is 11.6. The number of pyridine rings is 2. The molecule has 172 valence electrons. The van der Waals surface area contributed by atoms with Gasteiger partial charge in [-0.15, -0.1) is 0 Å². The van der Waals surface area contributed by atoms with Crippen molar-refractivity contribution in [1.29, 1.82) is 0 Å². The van der Waals surface area contributed by atoms with E-state index in [1.54, 1.807) is 6.20 Å². The van der Waals surface area contributed by atoms with Gasteiger partial charge in [-0.3, -0.25) is 4.79 Å². The second-order valence-electron chi connectivity index (χ2n) is 8.11. The number of carbonyl (C=O) groups excluding carboxylic acids is 1. The molecular weight excluding hydrogens is 426 g/mol. The lowest BCUT2D eigenvalue weighted by molar-refractivity contribution is 0.102. The molecule has 1 aliphatic rings. The maximum atomic E-state index is 13.1. The molecule has 34 heavy (non-hydrogen) atoms. The predicted octanol–water partition coefficient (Wildman–Crippen LogP) is 4.61. The van der Waals surface area contributed by atoms with Gasteiger partial charge < -0.3 is 19.9 Å². The van der Waals surface area contributed by atoms with Crippen LogP contribution < -0.4 is 19.9 Å². The molecule has 0 radical (unpaired) electrons. The number of fused-ring (bicyclic) bond motifs is 1. The van der Waals surface area contributed by atoms with Gasteiger partial charge in [-0.05, 0) is 48.7 Å². The second kappa shape index (κ2) is 9.79. The number of piperazine rings is 1. The summed E-state index contributed by atoms with van der Waals surface area (Å²) in [7, 11) is 0. The first-order valence-corrected chi connectivity index (χ1v) is 11.6. The van der Waals surface area contributed by atoms with Crippen LogP contribution in [0.1, 0.15) is 17.3 Å². The Morgan fingerprint density at radius 1 is 0.882 bits per heavy atom. The smallest absolute Gasteiger partial charge is 0.257 e. The average molecular weight is 454 g/mol. The molecule has 5 rings (SSSR count). The lowest BCUT2D eigenvalue weighted by Gasteiger charge is -2.36. The largest absolute Gasteiger partial charge is 0.494 e. The van der Waals surface area contributed by atoms with Gasteiger partial charge in [-0.25, -0.2) is 9.97 Å². The minimum atomic E-state index is -0.181. The third kappa shape index (κ3) is 4.50. The Morgan fingerprint density at radius 3 is 2.29 bits per heavy atom. The Labute approximate surface area is 199 Å². The number of rotatable bonds is 6. The van der Waals surface area contributed by atoms with E-state index in [1.165, 1.54) is 0 Å². The molecule has 0 aliphatic carbocycles. The van der Waals surface area contributed by atoms with Crippen LogP contribution in [-0.4, -0.2) is 48.7 Å². The first kappa shape index (κ1) is 21.7. The molecule has 0 saturated carbocycles. The molecule has 4 aromatic rings. The maximum Gasteiger partial charge on any atom is 0.257 e. The van der Waals surface area contributed by atoms with E-state index in [4.69, 9.17) is 9.72 Å². The Hall–Kier alpha value is -4.13. The minimum absolute atomic E-state index is 0.181. The summed E-state index contributed by atoms with van der Waals surface area (Å²) in [6.45, 7) is 5.96. The number of hydrogen-bond acceptors (Lipinski definition) is 6. The molecule has 1 N–H and O–H groups in total. The van der Waals surface area contributed by atoms with Crippen LogP contribution in [0.5, 0.6) is 5.75 Å². The number of amides is 1. The number of nitrogens with zero attached hydrogens (tertiary/aromatic N) is 4. The summed E-state index contributed by atoms with van der Waals surface area (Å²) < 4.78 is 5.48. The van der Waals surface area contributed by atoms with Gasteiger partial charge in [0.25, 0.3) is 5.91 Å². The highest BCUT2D eigenvalue weighted by Crippen LogP contribution is 2.29. The molecule has 7 heteroatoms. The van der Waals surface area contributed by atoms with Crippen molar-refractivity contribution in [2.45, 2.75) is 6.92 Å². The van der Waals surface area contributed by atoms with Crippen molar-refractivity contribution in [3.05, 3.63) is 84.7 Å². The average Bonchev–Trinajstić information content (AvgIpc) is 2.90. The standard InChI is InChI=1S/C27H27N5O2/c1-2-34-21-12-10-20(11-13-21)30-27(33)24-19-29-26(23-8-4-3-7-22(23)24)32-17-15-31(16-18-32)25-9-5-6-14-28-25/h3-14,19H,2,15-18H2,1H3,(H,30,33). The van der Waals surface area contributed by atoms with Gasteiger partial charge in [-0.1, -0.05) is 30.3 Å². The van der Waals surface area contributed by atoms with Crippen LogP contribution in [0.2, 0.25) is 0 Å². The SMILES string of the molecule is CCOc1ccc(NC(=O)c2cnc(N3CCN(c4ccccn4)CC3)c3ccccc23)cc1. The molecule has 0 atom stereocenters. The molecule has 3 heterocycles. The molecule has 0 bridgehead atoms. The van der Waals surface area contributed by atoms with E-state index in [-0.39, 0.29) is 5.91 Å². The van der Waals surface area contributed by atoms with E-state index in [2.05, 4.69) is 20.1 Å². The minimum Gasteiger partial charge on any atom is -0.494 e. The molecule has 7 nitrogen and oxygen atoms in total. The first-order chi connectivity index (χ1) is 16.7. The third-order valence-corrected chi connectivity index (χ3v) is 5.99. The molecule has 1 saturated heterocycles. The van der Waals surface area contributed by atoms with Crippen molar-refractivity contribution >= 4 is 34.0 Å². The number of benzene rings is 2. The number of nitrogens with one attached hydrogen (secondary N) is 1. The maximum absolute atomic E-state index is 13.1. The zero-order valence-electron chi connectivity index (χ0n) is 19.1. The summed E-state index contributed by atoms with van der Waals surface area (Å²) in [6, 6.07) is 21.3. The number of anilines is 3. The summed E-state index contributed by atoms with van der Waals surface area (Å²) >= 11 is 0. The number of ether oxygens (including phenoxy) is 1. The topological polar surface area (TPSA) is 70.6 Å². The van der Waals surface area contributed by atoms with Crippen molar-refractivity contribution < 1.29 is 9.53 Å². The van der Waals surface area contributed by atoms with E-state index in [0.29, 0.717) is 17.9 Å². The predicted molar refractivity (Wildman–Crippen MR) is 136 cm³/mol. The fraction of sp³-hybridized carbons (Fsp3) is 0.222. The van der Waals surface area contributed by atoms with Gasteiger partial charge in [0.1, 0.15) is 17.4 Å². The lowest BCUT2D eigenvalue weighted by Crippen LogP contribution is -2.47. The van der Waals surface area contributed by atoms with Gasteiger partial charge >= 0.3 is 0 Å². The van der Waals surface area contributed by atoms with Crippen LogP contribution in [-0.2, 0) is 0 Å². The van der Waals surface area contributed by atoms with Crippen molar-refractivity contribution in [3.63, 3.8) is 0 Å². The molecule has 1 aliphatic heterocycles. The van der Waals surface area contributed by atoms with Crippen molar-refractivity contribution in [2.75, 3.05) is 47.9 Å². The van der Waals surface area contributed by atoms with Gasteiger partial charge in [-0.2, -0.15) is 0 Å². The van der Waals surface area contributed by atoms with Crippen LogP contribution in [0.3, 0.4) is 0 Å². The zero-order valence-corrected chi connectivity index (χ0v) is 19.1. The number of aromatic nitrogens is 2. The lowest BCUT2D eigenvalue weighted by atomic mass is 10.1. The van der Waals surface area contributed by atoms with E-state index < -0.39 is 0 Å². The summed E-state index contributed by atoms with van der Waals surface area (Å²) in [5.41, 5.74) is 1.27. The Morgan fingerprint density at radius 2 is 1.59 bits per heavy atom. The Bertz CT molecular complexity index is 1270. The van der Waals surface area contributed by atoms with Crippen LogP contribution in [0, 0.1) is 0 Å². The number of carbonyl (C=O) groups is 1. The van der Waals surface area contributed by atoms with Crippen molar-refractivity contribution in [3.8, 4) is 5.75 Å². The highest BCUT2D eigenvalue weighted by atomic mass is 16.5. The molecule has 2 aromatic carbocycles. The van der Waals surface area contributed by atoms with Gasteiger partial charge in [0, 0.05) is 49.6 Å². The van der Waals surface area contributed by atoms with Crippen LogP contribution in [0.15, 0.2) is 79.1 Å². The molecule has 1 fully saturated rings. The normalized spacial score (nSPS) is 13.7. The summed E-state index contributed by atoms with van der Waals surface area (Å²) in [6.07, 6.45) is 3.51. The fourth-order valence-electron chi connectivity index (χ4n) is 4.30. The molecule has 0 unspecified atom stereocenters. The van der Waals surface area contributed by atoms with Crippen molar-refractivity contribution in [1.82, 2.24) is 9.97 Å². The van der Waals surface area contributed by atoms with Crippen LogP contribution >= 0.6 is 0 Å². The fourth-order valence-corrected chi connectivity index (χ4v) is 4.30. The van der Waals surface area contributed by atoms with Gasteiger partial charge in [0.15, 0.2) is 0 Å². The molecular formula is C27H27N5O2.